The van der Waals surface area contributed by atoms with Crippen molar-refractivity contribution in [1.29, 1.82) is 5.41 Å². The molecule has 27 heavy (non-hydrogen) atoms. The van der Waals surface area contributed by atoms with Crippen molar-refractivity contribution in [2.75, 3.05) is 20.8 Å². The number of carbonyl (C=O) groups is 1. The van der Waals surface area contributed by atoms with Crippen LogP contribution in [0.4, 0.5) is 0 Å². The van der Waals surface area contributed by atoms with Crippen LogP contribution in [0.25, 0.3) is 0 Å². The molecule has 0 atom stereocenters. The Balaban J connectivity index is 1.57. The van der Waals surface area contributed by atoms with Crippen LogP contribution in [0.1, 0.15) is 35.1 Å². The molecule has 142 valence electrons. The molecule has 0 bridgehead atoms. The van der Waals surface area contributed by atoms with Gasteiger partial charge in [-0.3, -0.25) is 10.2 Å². The summed E-state index contributed by atoms with van der Waals surface area (Å²) in [6.45, 7) is 0.460. The fourth-order valence-corrected chi connectivity index (χ4v) is 3.46. The third kappa shape index (κ3) is 4.48. The van der Waals surface area contributed by atoms with Crippen molar-refractivity contribution >= 4 is 11.6 Å². The van der Waals surface area contributed by atoms with Crippen molar-refractivity contribution < 1.29 is 14.3 Å². The Bertz CT molecular complexity index is 845. The number of fused-ring (bicyclic) bond motifs is 1. The first-order chi connectivity index (χ1) is 13.1. The molecule has 0 spiro atoms. The average Bonchev–Trinajstić information content (AvgIpc) is 2.72. The number of benzene rings is 2. The molecule has 0 unspecified atom stereocenters. The van der Waals surface area contributed by atoms with Gasteiger partial charge in [0.25, 0.3) is 5.91 Å². The summed E-state index contributed by atoms with van der Waals surface area (Å²) in [5.41, 5.74) is 4.39. The Morgan fingerprint density at radius 2 is 1.74 bits per heavy atom. The molecule has 5 heteroatoms. The van der Waals surface area contributed by atoms with E-state index in [2.05, 4.69) is 11.4 Å². The van der Waals surface area contributed by atoms with Crippen LogP contribution in [0.2, 0.25) is 0 Å². The Labute approximate surface area is 160 Å². The second-order valence-corrected chi connectivity index (χ2v) is 6.76. The molecule has 0 fully saturated rings. The fourth-order valence-electron chi connectivity index (χ4n) is 3.46. The van der Waals surface area contributed by atoms with Gasteiger partial charge in [0.1, 0.15) is 5.71 Å². The van der Waals surface area contributed by atoms with Crippen LogP contribution >= 0.6 is 0 Å². The van der Waals surface area contributed by atoms with E-state index in [1.165, 1.54) is 24.0 Å². The summed E-state index contributed by atoms with van der Waals surface area (Å²) >= 11 is 0. The molecule has 1 aliphatic rings. The standard InChI is InChI=1S/C22H26N2O3/c1-26-19-10-7-15(13-20(19)27-2)11-12-24-22(25)21(23)18-9-8-16-5-3-4-6-17(16)14-18/h7-10,13-14,23H,3-6,11-12H2,1-2H3,(H,24,25). The maximum atomic E-state index is 12.3. The molecule has 5 nitrogen and oxygen atoms in total. The highest BCUT2D eigenvalue weighted by atomic mass is 16.5. The van der Waals surface area contributed by atoms with Crippen LogP contribution in [0, 0.1) is 5.41 Å². The lowest BCUT2D eigenvalue weighted by molar-refractivity contribution is -0.114. The van der Waals surface area contributed by atoms with Crippen LogP contribution in [-0.4, -0.2) is 32.4 Å². The van der Waals surface area contributed by atoms with Crippen molar-refractivity contribution in [2.45, 2.75) is 32.1 Å². The zero-order valence-electron chi connectivity index (χ0n) is 15.9. The van der Waals surface area contributed by atoms with Crippen molar-refractivity contribution in [3.8, 4) is 11.5 Å². The van der Waals surface area contributed by atoms with E-state index in [9.17, 15) is 4.79 Å². The van der Waals surface area contributed by atoms with Crippen LogP contribution in [-0.2, 0) is 24.1 Å². The van der Waals surface area contributed by atoms with E-state index in [1.54, 1.807) is 14.2 Å². The second-order valence-electron chi connectivity index (χ2n) is 6.76. The lowest BCUT2D eigenvalue weighted by Gasteiger charge is -2.16. The van der Waals surface area contributed by atoms with Crippen molar-refractivity contribution in [1.82, 2.24) is 5.32 Å². The molecule has 0 aromatic heterocycles. The average molecular weight is 366 g/mol. The molecule has 3 rings (SSSR count). The number of ether oxygens (including phenoxy) is 2. The highest BCUT2D eigenvalue weighted by molar-refractivity contribution is 6.44. The minimum Gasteiger partial charge on any atom is -0.493 e. The molecule has 1 aliphatic carbocycles. The molecular weight excluding hydrogens is 340 g/mol. The van der Waals surface area contributed by atoms with Gasteiger partial charge < -0.3 is 14.8 Å². The summed E-state index contributed by atoms with van der Waals surface area (Å²) in [4.78, 5) is 12.3. The van der Waals surface area contributed by atoms with E-state index in [0.717, 1.165) is 18.4 Å². The third-order valence-electron chi connectivity index (χ3n) is 5.01. The monoisotopic (exact) mass is 366 g/mol. The third-order valence-corrected chi connectivity index (χ3v) is 5.01. The summed E-state index contributed by atoms with van der Waals surface area (Å²) in [7, 11) is 3.20. The predicted molar refractivity (Wildman–Crippen MR) is 106 cm³/mol. The van der Waals surface area contributed by atoms with Crippen LogP contribution in [0.15, 0.2) is 36.4 Å². The summed E-state index contributed by atoms with van der Waals surface area (Å²) < 4.78 is 10.5. The summed E-state index contributed by atoms with van der Waals surface area (Å²) in [6, 6.07) is 11.7. The van der Waals surface area contributed by atoms with E-state index in [-0.39, 0.29) is 11.6 Å². The van der Waals surface area contributed by atoms with Gasteiger partial charge in [0, 0.05) is 12.1 Å². The molecule has 0 saturated heterocycles. The van der Waals surface area contributed by atoms with Gasteiger partial charge in [0.15, 0.2) is 11.5 Å². The highest BCUT2D eigenvalue weighted by Crippen LogP contribution is 2.27. The van der Waals surface area contributed by atoms with Crippen molar-refractivity contribution in [3.63, 3.8) is 0 Å². The Morgan fingerprint density at radius 1 is 1.00 bits per heavy atom. The summed E-state index contributed by atoms with van der Waals surface area (Å²) in [6.07, 6.45) is 5.20. The van der Waals surface area contributed by atoms with Gasteiger partial charge in [0.2, 0.25) is 0 Å². The maximum Gasteiger partial charge on any atom is 0.269 e. The van der Waals surface area contributed by atoms with Crippen LogP contribution < -0.4 is 14.8 Å². The van der Waals surface area contributed by atoms with Gasteiger partial charge in [0.05, 0.1) is 14.2 Å². The first-order valence-electron chi connectivity index (χ1n) is 9.32. The predicted octanol–water partition coefficient (Wildman–Crippen LogP) is 3.31. The number of hydrogen-bond acceptors (Lipinski definition) is 4. The quantitative estimate of drug-likeness (QED) is 0.739. The summed E-state index contributed by atoms with van der Waals surface area (Å²) in [5.74, 6) is 1.01. The Morgan fingerprint density at radius 3 is 2.48 bits per heavy atom. The first-order valence-corrected chi connectivity index (χ1v) is 9.32. The largest absolute Gasteiger partial charge is 0.493 e. The van der Waals surface area contributed by atoms with Gasteiger partial charge in [-0.05, 0) is 67.0 Å². The SMILES string of the molecule is COc1ccc(CCNC(=O)C(=N)c2ccc3c(c2)CCCC3)cc1OC. The Hall–Kier alpha value is -2.82. The fraction of sp³-hybridized carbons (Fsp3) is 0.364. The number of carbonyl (C=O) groups excluding carboxylic acids is 1. The van der Waals surface area contributed by atoms with Crippen molar-refractivity contribution in [2.24, 2.45) is 0 Å². The van der Waals surface area contributed by atoms with E-state index in [0.29, 0.717) is 30.0 Å². The van der Waals surface area contributed by atoms with Gasteiger partial charge in [-0.2, -0.15) is 0 Å². The van der Waals surface area contributed by atoms with Crippen molar-refractivity contribution in [3.05, 3.63) is 58.7 Å². The molecule has 2 N–H and O–H groups in total. The van der Waals surface area contributed by atoms with Gasteiger partial charge >= 0.3 is 0 Å². The number of nitrogens with one attached hydrogen (secondary N) is 2. The number of methoxy groups -OCH3 is 2. The zero-order chi connectivity index (χ0) is 19.2. The molecule has 0 aliphatic heterocycles. The van der Waals surface area contributed by atoms with E-state index >= 15 is 0 Å². The normalized spacial score (nSPS) is 12.8. The molecule has 0 radical (unpaired) electrons. The topological polar surface area (TPSA) is 71.4 Å². The molecule has 0 saturated carbocycles. The number of hydrogen-bond donors (Lipinski definition) is 2. The van der Waals surface area contributed by atoms with Gasteiger partial charge in [-0.15, -0.1) is 0 Å². The van der Waals surface area contributed by atoms with Crippen LogP contribution in [0.3, 0.4) is 0 Å². The van der Waals surface area contributed by atoms with E-state index < -0.39 is 0 Å². The lowest BCUT2D eigenvalue weighted by Crippen LogP contribution is -2.32. The number of amides is 1. The number of rotatable bonds is 7. The number of aryl methyl sites for hydroxylation is 2. The maximum absolute atomic E-state index is 12.3. The lowest BCUT2D eigenvalue weighted by atomic mass is 9.89. The van der Waals surface area contributed by atoms with E-state index in [1.807, 2.05) is 30.3 Å². The van der Waals surface area contributed by atoms with Gasteiger partial charge in [-0.25, -0.2) is 0 Å². The minimum absolute atomic E-state index is 0.0238. The molecule has 0 heterocycles. The second kappa shape index (κ2) is 8.71. The molecule has 2 aromatic carbocycles. The smallest absolute Gasteiger partial charge is 0.269 e. The van der Waals surface area contributed by atoms with Crippen LogP contribution in [0.5, 0.6) is 11.5 Å². The molecule has 1 amide bonds. The highest BCUT2D eigenvalue weighted by Gasteiger charge is 2.15. The Kier molecular flexibility index (Phi) is 6.12. The minimum atomic E-state index is -0.341. The molecule has 2 aromatic rings. The molecular formula is C22H26N2O3. The zero-order valence-corrected chi connectivity index (χ0v) is 15.9. The van der Waals surface area contributed by atoms with E-state index in [4.69, 9.17) is 14.9 Å². The first kappa shape index (κ1) is 19.0. The van der Waals surface area contributed by atoms with Gasteiger partial charge in [-0.1, -0.05) is 18.2 Å². The summed E-state index contributed by atoms with van der Waals surface area (Å²) in [5, 5.41) is 11.0.